The Hall–Kier alpha value is -1.30. The Morgan fingerprint density at radius 1 is 1.28 bits per heavy atom. The summed E-state index contributed by atoms with van der Waals surface area (Å²) < 4.78 is 10.3. The first-order valence-electron chi connectivity index (χ1n) is 5.85. The molecule has 0 saturated heterocycles. The van der Waals surface area contributed by atoms with Crippen LogP contribution in [0, 0.1) is 0 Å². The number of ether oxygens (including phenoxy) is 2. The van der Waals surface area contributed by atoms with E-state index >= 15 is 0 Å². The maximum absolute atomic E-state index is 9.72. The van der Waals surface area contributed by atoms with Crippen molar-refractivity contribution in [3.63, 3.8) is 0 Å². The lowest BCUT2D eigenvalue weighted by molar-refractivity contribution is 0.0276. The molecule has 2 unspecified atom stereocenters. The summed E-state index contributed by atoms with van der Waals surface area (Å²) >= 11 is 0. The van der Waals surface area contributed by atoms with E-state index in [2.05, 4.69) is 5.32 Å². The van der Waals surface area contributed by atoms with E-state index in [9.17, 15) is 10.2 Å². The van der Waals surface area contributed by atoms with Crippen LogP contribution in [0.3, 0.4) is 0 Å². The molecule has 0 saturated carbocycles. The van der Waals surface area contributed by atoms with E-state index in [4.69, 9.17) is 9.47 Å². The third kappa shape index (κ3) is 4.18. The Morgan fingerprint density at radius 2 is 2.00 bits per heavy atom. The monoisotopic (exact) mass is 255 g/mol. The molecule has 5 nitrogen and oxygen atoms in total. The van der Waals surface area contributed by atoms with Crippen LogP contribution in [0.2, 0.25) is 0 Å². The zero-order valence-electron chi connectivity index (χ0n) is 11.0. The maximum Gasteiger partial charge on any atom is 0.120 e. The smallest absolute Gasteiger partial charge is 0.120 e. The molecule has 102 valence electrons. The summed E-state index contributed by atoms with van der Waals surface area (Å²) in [5.74, 6) is 0.296. The predicted molar refractivity (Wildman–Crippen MR) is 68.9 cm³/mol. The van der Waals surface area contributed by atoms with E-state index in [-0.39, 0.29) is 23.6 Å². The topological polar surface area (TPSA) is 71.0 Å². The van der Waals surface area contributed by atoms with Crippen molar-refractivity contribution in [1.82, 2.24) is 5.32 Å². The molecule has 18 heavy (non-hydrogen) atoms. The summed E-state index contributed by atoms with van der Waals surface area (Å²) in [6, 6.07) is 4.39. The molecule has 0 fully saturated rings. The molecule has 5 heteroatoms. The van der Waals surface area contributed by atoms with Gasteiger partial charge in [0.15, 0.2) is 0 Å². The van der Waals surface area contributed by atoms with Gasteiger partial charge in [-0.05, 0) is 25.1 Å². The van der Waals surface area contributed by atoms with Gasteiger partial charge in [0.1, 0.15) is 11.5 Å². The summed E-state index contributed by atoms with van der Waals surface area (Å²) in [6.07, 6.45) is -0.0445. The molecular weight excluding hydrogens is 234 g/mol. The van der Waals surface area contributed by atoms with Gasteiger partial charge in [0.2, 0.25) is 0 Å². The van der Waals surface area contributed by atoms with Crippen molar-refractivity contribution < 1.29 is 19.7 Å². The van der Waals surface area contributed by atoms with Crippen molar-refractivity contribution in [1.29, 1.82) is 0 Å². The number of hydrogen-bond donors (Lipinski definition) is 3. The predicted octanol–water partition coefficient (Wildman–Crippen LogP) is 1.41. The second-order valence-corrected chi connectivity index (χ2v) is 4.19. The highest BCUT2D eigenvalue weighted by molar-refractivity contribution is 5.40. The number of methoxy groups -OCH3 is 2. The fourth-order valence-corrected chi connectivity index (χ4v) is 1.70. The Bertz CT molecular complexity index is 370. The minimum atomic E-state index is -0.0911. The van der Waals surface area contributed by atoms with Crippen LogP contribution >= 0.6 is 0 Å². The van der Waals surface area contributed by atoms with E-state index in [1.807, 2.05) is 6.92 Å². The average Bonchev–Trinajstić information content (AvgIpc) is 2.37. The molecule has 0 aliphatic rings. The standard InChI is InChI=1S/C13H21NO4/c1-9(14-7-11(18-3)8-17-2)12-6-10(15)4-5-13(12)16/h4-6,9,11,14-16H,7-8H2,1-3H3. The summed E-state index contributed by atoms with van der Waals surface area (Å²) in [5.41, 5.74) is 0.655. The molecule has 0 amide bonds. The summed E-state index contributed by atoms with van der Waals surface area (Å²) in [5, 5.41) is 22.4. The molecule has 3 N–H and O–H groups in total. The highest BCUT2D eigenvalue weighted by Gasteiger charge is 2.13. The minimum Gasteiger partial charge on any atom is -0.508 e. The molecule has 2 atom stereocenters. The normalized spacial score (nSPS) is 14.4. The van der Waals surface area contributed by atoms with E-state index in [0.717, 1.165) is 0 Å². The third-order valence-electron chi connectivity index (χ3n) is 2.82. The van der Waals surface area contributed by atoms with Gasteiger partial charge in [-0.1, -0.05) is 0 Å². The van der Waals surface area contributed by atoms with Crippen LogP contribution in [0.4, 0.5) is 0 Å². The van der Waals surface area contributed by atoms with Gasteiger partial charge in [-0.3, -0.25) is 0 Å². The number of phenols is 2. The molecule has 0 radical (unpaired) electrons. The largest absolute Gasteiger partial charge is 0.508 e. The van der Waals surface area contributed by atoms with Crippen LogP contribution in [0.5, 0.6) is 11.5 Å². The number of aromatic hydroxyl groups is 2. The first kappa shape index (κ1) is 14.8. The van der Waals surface area contributed by atoms with Gasteiger partial charge < -0.3 is 25.0 Å². The van der Waals surface area contributed by atoms with Gasteiger partial charge in [0.25, 0.3) is 0 Å². The zero-order valence-corrected chi connectivity index (χ0v) is 11.0. The van der Waals surface area contributed by atoms with Crippen LogP contribution in [-0.2, 0) is 9.47 Å². The van der Waals surface area contributed by atoms with Crippen molar-refractivity contribution in [3.8, 4) is 11.5 Å². The Balaban J connectivity index is 2.59. The van der Waals surface area contributed by atoms with Crippen molar-refractivity contribution >= 4 is 0 Å². The lowest BCUT2D eigenvalue weighted by Gasteiger charge is -2.20. The fourth-order valence-electron chi connectivity index (χ4n) is 1.70. The lowest BCUT2D eigenvalue weighted by atomic mass is 10.1. The first-order chi connectivity index (χ1) is 8.58. The molecule has 0 aliphatic carbocycles. The highest BCUT2D eigenvalue weighted by Crippen LogP contribution is 2.27. The lowest BCUT2D eigenvalue weighted by Crippen LogP contribution is -2.33. The zero-order chi connectivity index (χ0) is 13.5. The van der Waals surface area contributed by atoms with Gasteiger partial charge in [0, 0.05) is 32.4 Å². The van der Waals surface area contributed by atoms with Crippen molar-refractivity contribution in [2.24, 2.45) is 0 Å². The second kappa shape index (κ2) is 7.20. The average molecular weight is 255 g/mol. The van der Waals surface area contributed by atoms with Crippen molar-refractivity contribution in [2.75, 3.05) is 27.4 Å². The van der Waals surface area contributed by atoms with Crippen LogP contribution in [-0.4, -0.2) is 43.7 Å². The van der Waals surface area contributed by atoms with Crippen LogP contribution in [0.1, 0.15) is 18.5 Å². The number of rotatable bonds is 7. The van der Waals surface area contributed by atoms with Crippen molar-refractivity contribution in [3.05, 3.63) is 23.8 Å². The van der Waals surface area contributed by atoms with Crippen molar-refractivity contribution in [2.45, 2.75) is 19.1 Å². The minimum absolute atomic E-state index is 0.0445. The van der Waals surface area contributed by atoms with Gasteiger partial charge in [-0.2, -0.15) is 0 Å². The van der Waals surface area contributed by atoms with Gasteiger partial charge in [-0.15, -0.1) is 0 Å². The van der Waals surface area contributed by atoms with Crippen LogP contribution in [0.25, 0.3) is 0 Å². The molecular formula is C13H21NO4. The molecule has 1 aromatic carbocycles. The molecule has 0 aliphatic heterocycles. The molecule has 0 heterocycles. The Morgan fingerprint density at radius 3 is 2.61 bits per heavy atom. The van der Waals surface area contributed by atoms with E-state index < -0.39 is 0 Å². The van der Waals surface area contributed by atoms with Gasteiger partial charge in [-0.25, -0.2) is 0 Å². The quantitative estimate of drug-likeness (QED) is 0.643. The van der Waals surface area contributed by atoms with Crippen LogP contribution < -0.4 is 5.32 Å². The summed E-state index contributed by atoms with van der Waals surface area (Å²) in [4.78, 5) is 0. The third-order valence-corrected chi connectivity index (χ3v) is 2.82. The molecule has 0 bridgehead atoms. The molecule has 0 aromatic heterocycles. The first-order valence-corrected chi connectivity index (χ1v) is 5.85. The Kier molecular flexibility index (Phi) is 5.91. The fraction of sp³-hybridized carbons (Fsp3) is 0.538. The number of hydrogen-bond acceptors (Lipinski definition) is 5. The molecule has 0 spiro atoms. The summed E-state index contributed by atoms with van der Waals surface area (Å²) in [6.45, 7) is 3.01. The van der Waals surface area contributed by atoms with E-state index in [1.54, 1.807) is 20.3 Å². The number of phenolic OH excluding ortho intramolecular Hbond substituents is 2. The highest BCUT2D eigenvalue weighted by atomic mass is 16.5. The molecule has 1 rings (SSSR count). The van der Waals surface area contributed by atoms with E-state index in [0.29, 0.717) is 18.7 Å². The van der Waals surface area contributed by atoms with Gasteiger partial charge in [0.05, 0.1) is 12.7 Å². The number of benzene rings is 1. The number of nitrogens with one attached hydrogen (secondary N) is 1. The molecule has 1 aromatic rings. The van der Waals surface area contributed by atoms with E-state index in [1.165, 1.54) is 12.1 Å². The summed E-state index contributed by atoms with van der Waals surface area (Å²) in [7, 11) is 3.25. The SMILES string of the molecule is COCC(CNC(C)c1cc(O)ccc1O)OC. The van der Waals surface area contributed by atoms with Gasteiger partial charge >= 0.3 is 0 Å². The second-order valence-electron chi connectivity index (χ2n) is 4.19. The maximum atomic E-state index is 9.72. The van der Waals surface area contributed by atoms with Crippen LogP contribution in [0.15, 0.2) is 18.2 Å². The Labute approximate surface area is 107 Å².